The number of ketones is 1. The Morgan fingerprint density at radius 2 is 1.89 bits per heavy atom. The fourth-order valence-electron chi connectivity index (χ4n) is 1.67. The van der Waals surface area contributed by atoms with Gasteiger partial charge in [0.05, 0.1) is 11.8 Å². The maximum absolute atomic E-state index is 13.1. The van der Waals surface area contributed by atoms with Crippen molar-refractivity contribution in [3.63, 3.8) is 0 Å². The van der Waals surface area contributed by atoms with E-state index in [9.17, 15) is 13.6 Å². The molecule has 0 radical (unpaired) electrons. The first-order chi connectivity index (χ1) is 9.11. The highest BCUT2D eigenvalue weighted by Gasteiger charge is 2.23. The number of halogens is 2. The lowest BCUT2D eigenvalue weighted by molar-refractivity contribution is 0.0976. The molecule has 0 saturated carbocycles. The predicted molar refractivity (Wildman–Crippen MR) is 63.3 cm³/mol. The van der Waals surface area contributed by atoms with E-state index in [2.05, 4.69) is 4.98 Å². The molecule has 0 amide bonds. The average molecular weight is 258 g/mol. The predicted octanol–water partition coefficient (Wildman–Crippen LogP) is 2.85. The molecule has 0 aliphatic carbocycles. The Morgan fingerprint density at radius 3 is 2.42 bits per heavy atom. The molecular weight excluding hydrogens is 250 g/mol. The Labute approximate surface area is 108 Å². The summed E-state index contributed by atoms with van der Waals surface area (Å²) in [5.74, 6) is -3.58. The van der Waals surface area contributed by atoms with Gasteiger partial charge in [0.1, 0.15) is 11.6 Å². The second-order valence-corrected chi connectivity index (χ2v) is 3.84. The van der Waals surface area contributed by atoms with Gasteiger partial charge in [0.2, 0.25) is 0 Å². The van der Waals surface area contributed by atoms with E-state index in [1.165, 1.54) is 12.3 Å². The highest BCUT2D eigenvalue weighted by atomic mass is 19.1. The quantitative estimate of drug-likeness (QED) is 0.795. The molecule has 3 nitrogen and oxygen atoms in total. The summed E-state index contributed by atoms with van der Waals surface area (Å²) < 4.78 is 26.1. The van der Waals surface area contributed by atoms with Gasteiger partial charge >= 0.3 is 0 Å². The second-order valence-electron chi connectivity index (χ2n) is 3.84. The maximum Gasteiger partial charge on any atom is 0.186 e. The number of carbonyl (C=O) groups excluding carboxylic acids is 1. The van der Waals surface area contributed by atoms with Gasteiger partial charge in [-0.3, -0.25) is 9.78 Å². The van der Waals surface area contributed by atoms with E-state index in [4.69, 9.17) is 5.26 Å². The third-order valence-electron chi connectivity index (χ3n) is 2.52. The summed E-state index contributed by atoms with van der Waals surface area (Å²) >= 11 is 0. The minimum atomic E-state index is -1.18. The first kappa shape index (κ1) is 12.8. The molecule has 0 aliphatic rings. The Morgan fingerprint density at radius 1 is 1.21 bits per heavy atom. The van der Waals surface area contributed by atoms with Crippen LogP contribution < -0.4 is 0 Å². The number of hydrogen-bond acceptors (Lipinski definition) is 3. The zero-order valence-electron chi connectivity index (χ0n) is 9.68. The van der Waals surface area contributed by atoms with Crippen LogP contribution in [0.1, 0.15) is 22.0 Å². The zero-order valence-corrected chi connectivity index (χ0v) is 9.68. The topological polar surface area (TPSA) is 53.8 Å². The third kappa shape index (κ3) is 2.80. The van der Waals surface area contributed by atoms with Crippen molar-refractivity contribution in [3.05, 3.63) is 65.5 Å². The molecule has 0 aliphatic heterocycles. The lowest BCUT2D eigenvalue weighted by Crippen LogP contribution is -2.13. The Kier molecular flexibility index (Phi) is 3.62. The summed E-state index contributed by atoms with van der Waals surface area (Å²) in [6, 6.07) is 9.06. The van der Waals surface area contributed by atoms with Crippen molar-refractivity contribution in [1.29, 1.82) is 5.26 Å². The molecule has 5 heteroatoms. The van der Waals surface area contributed by atoms with Gasteiger partial charge in [0.15, 0.2) is 11.7 Å². The Bertz CT molecular complexity index is 630. The molecule has 1 atom stereocenters. The van der Waals surface area contributed by atoms with Crippen LogP contribution in [0.25, 0.3) is 0 Å². The number of nitriles is 1. The SMILES string of the molecule is N#CC(C(=O)c1cc(F)cc(F)c1)c1ccccn1. The minimum absolute atomic E-state index is 0.185. The molecule has 1 unspecified atom stereocenters. The van der Waals surface area contributed by atoms with E-state index in [0.717, 1.165) is 12.1 Å². The van der Waals surface area contributed by atoms with Crippen LogP contribution in [0.2, 0.25) is 0 Å². The zero-order chi connectivity index (χ0) is 13.8. The van der Waals surface area contributed by atoms with Gasteiger partial charge in [-0.1, -0.05) is 6.07 Å². The first-order valence-corrected chi connectivity index (χ1v) is 5.42. The molecule has 0 bridgehead atoms. The van der Waals surface area contributed by atoms with Gasteiger partial charge in [-0.2, -0.15) is 5.26 Å². The fourth-order valence-corrected chi connectivity index (χ4v) is 1.67. The van der Waals surface area contributed by atoms with Crippen molar-refractivity contribution in [2.45, 2.75) is 5.92 Å². The molecule has 94 valence electrons. The van der Waals surface area contributed by atoms with Crippen LogP contribution in [0.15, 0.2) is 42.6 Å². The molecular formula is C14H8F2N2O. The summed E-state index contributed by atoms with van der Waals surface area (Å²) in [7, 11) is 0. The Hall–Kier alpha value is -2.61. The van der Waals surface area contributed by atoms with E-state index >= 15 is 0 Å². The van der Waals surface area contributed by atoms with Crippen LogP contribution >= 0.6 is 0 Å². The first-order valence-electron chi connectivity index (χ1n) is 5.42. The van der Waals surface area contributed by atoms with Crippen LogP contribution in [-0.2, 0) is 0 Å². The summed E-state index contributed by atoms with van der Waals surface area (Å²) in [6.45, 7) is 0. The summed E-state index contributed by atoms with van der Waals surface area (Å²) in [4.78, 5) is 16.0. The van der Waals surface area contributed by atoms with Crippen LogP contribution in [0.3, 0.4) is 0 Å². The van der Waals surface area contributed by atoms with Gasteiger partial charge in [0.25, 0.3) is 0 Å². The second kappa shape index (κ2) is 5.36. The van der Waals surface area contributed by atoms with E-state index in [1.807, 2.05) is 0 Å². The Balaban J connectivity index is 2.40. The lowest BCUT2D eigenvalue weighted by Gasteiger charge is -2.07. The van der Waals surface area contributed by atoms with E-state index in [-0.39, 0.29) is 11.3 Å². The lowest BCUT2D eigenvalue weighted by atomic mass is 9.95. The standard InChI is InChI=1S/C14H8F2N2O/c15-10-5-9(6-11(16)7-10)14(19)12(8-17)13-3-1-2-4-18-13/h1-7,12H. The fraction of sp³-hybridized carbons (Fsp3) is 0.0714. The molecule has 0 fully saturated rings. The highest BCUT2D eigenvalue weighted by Crippen LogP contribution is 2.19. The maximum atomic E-state index is 13.1. The molecule has 19 heavy (non-hydrogen) atoms. The number of hydrogen-bond donors (Lipinski definition) is 0. The number of nitrogens with zero attached hydrogens (tertiary/aromatic N) is 2. The van der Waals surface area contributed by atoms with Crippen molar-refractivity contribution in [1.82, 2.24) is 4.98 Å². The molecule has 1 aromatic carbocycles. The van der Waals surface area contributed by atoms with Crippen molar-refractivity contribution in [3.8, 4) is 6.07 Å². The summed E-state index contributed by atoms with van der Waals surface area (Å²) in [5, 5.41) is 9.05. The smallest absolute Gasteiger partial charge is 0.186 e. The number of rotatable bonds is 3. The van der Waals surface area contributed by atoms with Gasteiger partial charge in [-0.15, -0.1) is 0 Å². The molecule has 2 aromatic rings. The number of benzene rings is 1. The van der Waals surface area contributed by atoms with Crippen LogP contribution in [0.4, 0.5) is 8.78 Å². The number of pyridine rings is 1. The van der Waals surface area contributed by atoms with Gasteiger partial charge in [0, 0.05) is 17.8 Å². The van der Waals surface area contributed by atoms with E-state index in [0.29, 0.717) is 6.07 Å². The molecule has 0 saturated heterocycles. The van der Waals surface area contributed by atoms with Crippen molar-refractivity contribution in [2.75, 3.05) is 0 Å². The van der Waals surface area contributed by atoms with Crippen molar-refractivity contribution >= 4 is 5.78 Å². The summed E-state index contributed by atoms with van der Waals surface area (Å²) in [5.41, 5.74) is 0.0642. The monoisotopic (exact) mass is 258 g/mol. The van der Waals surface area contributed by atoms with Crippen molar-refractivity contribution < 1.29 is 13.6 Å². The number of carbonyl (C=O) groups is 1. The van der Waals surface area contributed by atoms with Crippen molar-refractivity contribution in [2.24, 2.45) is 0 Å². The van der Waals surface area contributed by atoms with Gasteiger partial charge in [-0.25, -0.2) is 8.78 Å². The van der Waals surface area contributed by atoms with Crippen LogP contribution in [0.5, 0.6) is 0 Å². The number of Topliss-reactive ketones (excluding diaryl/α,β-unsaturated/α-hetero) is 1. The molecule has 2 rings (SSSR count). The van der Waals surface area contributed by atoms with Crippen LogP contribution in [0, 0.1) is 23.0 Å². The van der Waals surface area contributed by atoms with Gasteiger partial charge < -0.3 is 0 Å². The largest absolute Gasteiger partial charge is 0.292 e. The average Bonchev–Trinajstić information content (AvgIpc) is 2.39. The molecule has 0 spiro atoms. The highest BCUT2D eigenvalue weighted by molar-refractivity contribution is 6.02. The number of aromatic nitrogens is 1. The van der Waals surface area contributed by atoms with Crippen LogP contribution in [-0.4, -0.2) is 10.8 Å². The third-order valence-corrected chi connectivity index (χ3v) is 2.52. The molecule has 1 heterocycles. The minimum Gasteiger partial charge on any atom is -0.292 e. The molecule has 1 aromatic heterocycles. The van der Waals surface area contributed by atoms with Gasteiger partial charge in [-0.05, 0) is 24.3 Å². The van der Waals surface area contributed by atoms with E-state index < -0.39 is 23.3 Å². The molecule has 0 N–H and O–H groups in total. The summed E-state index contributed by atoms with van der Waals surface area (Å²) in [6.07, 6.45) is 1.44. The normalized spacial score (nSPS) is 11.6. The van der Waals surface area contributed by atoms with E-state index in [1.54, 1.807) is 18.2 Å².